The van der Waals surface area contributed by atoms with Crippen molar-refractivity contribution in [2.75, 3.05) is 6.54 Å². The summed E-state index contributed by atoms with van der Waals surface area (Å²) in [5, 5.41) is 8.87. The lowest BCUT2D eigenvalue weighted by Crippen LogP contribution is -2.45. The van der Waals surface area contributed by atoms with Crippen molar-refractivity contribution in [3.8, 4) is 0 Å². The first kappa shape index (κ1) is 14.3. The molecule has 1 atom stereocenters. The van der Waals surface area contributed by atoms with Crippen molar-refractivity contribution >= 4 is 28.4 Å². The molecule has 1 saturated heterocycles. The third kappa shape index (κ3) is 2.39. The SMILES string of the molecule is Cc1[nH]nc2ccc(C(=O)N3CC[C@@H]3c3ccc(Cl)cc3)cc12. The molecule has 1 aliphatic rings. The van der Waals surface area contributed by atoms with Gasteiger partial charge in [-0.1, -0.05) is 23.7 Å². The van der Waals surface area contributed by atoms with Gasteiger partial charge in [-0.3, -0.25) is 9.89 Å². The number of carbonyl (C=O) groups is 1. The van der Waals surface area contributed by atoms with E-state index < -0.39 is 0 Å². The Kier molecular flexibility index (Phi) is 3.34. The minimum Gasteiger partial charge on any atom is -0.331 e. The maximum atomic E-state index is 12.8. The average Bonchev–Trinajstić information content (AvgIpc) is 2.89. The smallest absolute Gasteiger partial charge is 0.254 e. The van der Waals surface area contributed by atoms with Crippen molar-refractivity contribution < 1.29 is 4.79 Å². The summed E-state index contributed by atoms with van der Waals surface area (Å²) in [4.78, 5) is 14.7. The van der Waals surface area contributed by atoms with Crippen molar-refractivity contribution in [2.45, 2.75) is 19.4 Å². The van der Waals surface area contributed by atoms with Gasteiger partial charge in [0.15, 0.2) is 0 Å². The van der Waals surface area contributed by atoms with Gasteiger partial charge in [-0.2, -0.15) is 5.10 Å². The molecule has 0 bridgehead atoms. The van der Waals surface area contributed by atoms with Crippen LogP contribution < -0.4 is 0 Å². The van der Waals surface area contributed by atoms with Gasteiger partial charge in [0, 0.05) is 28.2 Å². The molecule has 1 aromatic heterocycles. The summed E-state index contributed by atoms with van der Waals surface area (Å²) in [7, 11) is 0. The summed E-state index contributed by atoms with van der Waals surface area (Å²) in [5.41, 5.74) is 3.71. The molecule has 4 rings (SSSR count). The predicted molar refractivity (Wildman–Crippen MR) is 90.7 cm³/mol. The molecular formula is C18H16ClN3O. The van der Waals surface area contributed by atoms with E-state index in [-0.39, 0.29) is 11.9 Å². The quantitative estimate of drug-likeness (QED) is 0.770. The second-order valence-corrected chi connectivity index (χ2v) is 6.37. The Bertz CT molecular complexity index is 885. The Morgan fingerprint density at radius 1 is 1.26 bits per heavy atom. The highest BCUT2D eigenvalue weighted by Crippen LogP contribution is 2.35. The number of fused-ring (bicyclic) bond motifs is 1. The van der Waals surface area contributed by atoms with Gasteiger partial charge >= 0.3 is 0 Å². The molecule has 23 heavy (non-hydrogen) atoms. The third-order valence-corrected chi connectivity index (χ3v) is 4.78. The van der Waals surface area contributed by atoms with E-state index in [0.717, 1.165) is 35.1 Å². The van der Waals surface area contributed by atoms with Crippen LogP contribution in [0.25, 0.3) is 10.9 Å². The van der Waals surface area contributed by atoms with Gasteiger partial charge in [0.2, 0.25) is 0 Å². The third-order valence-electron chi connectivity index (χ3n) is 4.53. The van der Waals surface area contributed by atoms with Crippen LogP contribution in [0.4, 0.5) is 0 Å². The van der Waals surface area contributed by atoms with E-state index in [2.05, 4.69) is 10.2 Å². The number of carbonyl (C=O) groups excluding carboxylic acids is 1. The zero-order valence-corrected chi connectivity index (χ0v) is 13.5. The van der Waals surface area contributed by atoms with Crippen LogP contribution in [-0.4, -0.2) is 27.5 Å². The fourth-order valence-corrected chi connectivity index (χ4v) is 3.22. The number of halogens is 1. The minimum atomic E-state index is 0.0682. The zero-order valence-electron chi connectivity index (χ0n) is 12.7. The number of amides is 1. The van der Waals surface area contributed by atoms with Gasteiger partial charge in [0.1, 0.15) is 0 Å². The summed E-state index contributed by atoms with van der Waals surface area (Å²) in [6.45, 7) is 2.75. The number of hydrogen-bond acceptors (Lipinski definition) is 2. The molecule has 1 fully saturated rings. The summed E-state index contributed by atoms with van der Waals surface area (Å²) in [6, 6.07) is 13.5. The largest absolute Gasteiger partial charge is 0.331 e. The van der Waals surface area contributed by atoms with Crippen LogP contribution >= 0.6 is 11.6 Å². The fraction of sp³-hybridized carbons (Fsp3) is 0.222. The van der Waals surface area contributed by atoms with E-state index in [1.54, 1.807) is 0 Å². The number of aromatic nitrogens is 2. The second kappa shape index (κ2) is 5.39. The Balaban J connectivity index is 1.62. The van der Waals surface area contributed by atoms with Crippen LogP contribution in [-0.2, 0) is 0 Å². The van der Waals surface area contributed by atoms with Crippen molar-refractivity contribution in [1.29, 1.82) is 0 Å². The molecular weight excluding hydrogens is 310 g/mol. The molecule has 116 valence electrons. The standard InChI is InChI=1S/C18H16ClN3O/c1-11-15-10-13(4-7-16(15)21-20-11)18(23)22-9-8-17(22)12-2-5-14(19)6-3-12/h2-7,10,17H,8-9H2,1H3,(H,20,21)/t17-/m1/s1. The Morgan fingerprint density at radius 2 is 2.04 bits per heavy atom. The zero-order chi connectivity index (χ0) is 16.0. The van der Waals surface area contributed by atoms with Gasteiger partial charge < -0.3 is 4.90 Å². The molecule has 1 aliphatic heterocycles. The number of likely N-dealkylation sites (tertiary alicyclic amines) is 1. The Morgan fingerprint density at radius 3 is 2.74 bits per heavy atom. The van der Waals surface area contributed by atoms with E-state index in [1.807, 2.05) is 54.3 Å². The van der Waals surface area contributed by atoms with Gasteiger partial charge in [-0.05, 0) is 49.2 Å². The number of H-pyrrole nitrogens is 1. The molecule has 1 N–H and O–H groups in total. The number of hydrogen-bond donors (Lipinski definition) is 1. The lowest BCUT2D eigenvalue weighted by molar-refractivity contribution is 0.0460. The Hall–Kier alpha value is -2.33. The number of rotatable bonds is 2. The molecule has 1 amide bonds. The molecule has 5 heteroatoms. The second-order valence-electron chi connectivity index (χ2n) is 5.94. The van der Waals surface area contributed by atoms with E-state index in [1.165, 1.54) is 0 Å². The molecule has 0 spiro atoms. The number of benzene rings is 2. The van der Waals surface area contributed by atoms with E-state index in [4.69, 9.17) is 11.6 Å². The van der Waals surface area contributed by atoms with Gasteiger partial charge in [-0.25, -0.2) is 0 Å². The number of aryl methyl sites for hydroxylation is 1. The van der Waals surface area contributed by atoms with Crippen molar-refractivity contribution in [3.05, 3.63) is 64.3 Å². The van der Waals surface area contributed by atoms with E-state index in [0.29, 0.717) is 10.6 Å². The maximum absolute atomic E-state index is 12.8. The van der Waals surface area contributed by atoms with E-state index >= 15 is 0 Å². The molecule has 0 unspecified atom stereocenters. The fourth-order valence-electron chi connectivity index (χ4n) is 3.10. The van der Waals surface area contributed by atoms with Crippen LogP contribution in [0, 0.1) is 6.92 Å². The number of aromatic amines is 1. The van der Waals surface area contributed by atoms with Crippen molar-refractivity contribution in [2.24, 2.45) is 0 Å². The molecule has 0 saturated carbocycles. The molecule has 2 heterocycles. The lowest BCUT2D eigenvalue weighted by Gasteiger charge is -2.41. The molecule has 0 radical (unpaired) electrons. The van der Waals surface area contributed by atoms with Crippen LogP contribution in [0.3, 0.4) is 0 Å². The van der Waals surface area contributed by atoms with Crippen LogP contribution in [0.1, 0.15) is 34.1 Å². The van der Waals surface area contributed by atoms with Gasteiger partial charge in [0.05, 0.1) is 11.6 Å². The normalized spacial score (nSPS) is 17.3. The molecule has 4 nitrogen and oxygen atoms in total. The first-order valence-corrected chi connectivity index (χ1v) is 8.02. The highest BCUT2D eigenvalue weighted by atomic mass is 35.5. The first-order chi connectivity index (χ1) is 11.1. The van der Waals surface area contributed by atoms with Crippen LogP contribution in [0.5, 0.6) is 0 Å². The summed E-state index contributed by atoms with van der Waals surface area (Å²) in [5.74, 6) is 0.0682. The molecule has 0 aliphatic carbocycles. The van der Waals surface area contributed by atoms with Crippen LogP contribution in [0.15, 0.2) is 42.5 Å². The summed E-state index contributed by atoms with van der Waals surface area (Å²) < 4.78 is 0. The van der Waals surface area contributed by atoms with Gasteiger partial charge in [-0.15, -0.1) is 0 Å². The Labute approximate surface area is 139 Å². The topological polar surface area (TPSA) is 49.0 Å². The number of nitrogens with one attached hydrogen (secondary N) is 1. The summed E-state index contributed by atoms with van der Waals surface area (Å²) in [6.07, 6.45) is 0.986. The monoisotopic (exact) mass is 325 g/mol. The summed E-state index contributed by atoms with van der Waals surface area (Å²) >= 11 is 5.94. The molecule has 2 aromatic carbocycles. The average molecular weight is 326 g/mol. The molecule has 3 aromatic rings. The highest BCUT2D eigenvalue weighted by Gasteiger charge is 2.33. The minimum absolute atomic E-state index is 0.0682. The van der Waals surface area contributed by atoms with E-state index in [9.17, 15) is 4.79 Å². The van der Waals surface area contributed by atoms with Crippen LogP contribution in [0.2, 0.25) is 5.02 Å². The van der Waals surface area contributed by atoms with Gasteiger partial charge in [0.25, 0.3) is 5.91 Å². The highest BCUT2D eigenvalue weighted by molar-refractivity contribution is 6.30. The predicted octanol–water partition coefficient (Wildman–Crippen LogP) is 4.11. The maximum Gasteiger partial charge on any atom is 0.254 e. The number of nitrogens with zero attached hydrogens (tertiary/aromatic N) is 2. The van der Waals surface area contributed by atoms with Crippen molar-refractivity contribution in [1.82, 2.24) is 15.1 Å². The lowest BCUT2D eigenvalue weighted by atomic mass is 9.93. The van der Waals surface area contributed by atoms with Crippen molar-refractivity contribution in [3.63, 3.8) is 0 Å². The first-order valence-electron chi connectivity index (χ1n) is 7.64.